The molecule has 7 nitrogen and oxygen atoms in total. The van der Waals surface area contributed by atoms with Crippen molar-refractivity contribution >= 4 is 32.9 Å². The van der Waals surface area contributed by atoms with Crippen molar-refractivity contribution in [3.63, 3.8) is 0 Å². The summed E-state index contributed by atoms with van der Waals surface area (Å²) in [4.78, 5) is 15.6. The molecule has 1 saturated heterocycles. The van der Waals surface area contributed by atoms with Crippen molar-refractivity contribution in [3.8, 4) is 6.07 Å². The number of amides is 1. The lowest BCUT2D eigenvalue weighted by Gasteiger charge is -2.22. The summed E-state index contributed by atoms with van der Waals surface area (Å²) >= 11 is 1.62. The van der Waals surface area contributed by atoms with Gasteiger partial charge in [-0.05, 0) is 44.3 Å². The van der Waals surface area contributed by atoms with Gasteiger partial charge >= 0.3 is 0 Å². The van der Waals surface area contributed by atoms with Crippen LogP contribution in [0.15, 0.2) is 17.5 Å². The maximum atomic E-state index is 12.7. The van der Waals surface area contributed by atoms with Crippen molar-refractivity contribution in [2.24, 2.45) is 0 Å². The Labute approximate surface area is 169 Å². The monoisotopic (exact) mass is 420 g/mol. The second kappa shape index (κ2) is 8.07. The van der Waals surface area contributed by atoms with Crippen molar-refractivity contribution in [2.45, 2.75) is 32.9 Å². The molecule has 1 N–H and O–H groups in total. The summed E-state index contributed by atoms with van der Waals surface area (Å²) in [6, 6.07) is 6.05. The van der Waals surface area contributed by atoms with Gasteiger partial charge in [-0.15, -0.1) is 11.3 Å². The number of hydrogen-bond donors (Lipinski definition) is 1. The van der Waals surface area contributed by atoms with E-state index in [0.717, 1.165) is 16.1 Å². The minimum Gasteiger partial charge on any atom is -0.325 e. The van der Waals surface area contributed by atoms with Crippen LogP contribution in [0.4, 0.5) is 5.82 Å². The maximum absolute atomic E-state index is 12.7. The second-order valence-electron chi connectivity index (χ2n) is 7.23. The molecule has 150 valence electrons. The summed E-state index contributed by atoms with van der Waals surface area (Å²) in [5.41, 5.74) is 2.26. The molecule has 1 aliphatic rings. The van der Waals surface area contributed by atoms with E-state index in [4.69, 9.17) is 0 Å². The molecule has 0 spiro atoms. The predicted octanol–water partition coefficient (Wildman–Crippen LogP) is 2.14. The number of nitrogens with zero attached hydrogens (tertiary/aromatic N) is 3. The topological polar surface area (TPSA) is 95.2 Å². The molecule has 3 heterocycles. The minimum absolute atomic E-state index is 0.0767. The first kappa shape index (κ1) is 20.6. The van der Waals surface area contributed by atoms with Gasteiger partial charge in [-0.25, -0.2) is 8.42 Å². The first-order valence-electron chi connectivity index (χ1n) is 9.04. The van der Waals surface area contributed by atoms with Crippen LogP contribution in [0.2, 0.25) is 0 Å². The van der Waals surface area contributed by atoms with E-state index in [9.17, 15) is 18.5 Å². The van der Waals surface area contributed by atoms with E-state index in [1.165, 1.54) is 0 Å². The third kappa shape index (κ3) is 4.29. The van der Waals surface area contributed by atoms with Crippen LogP contribution < -0.4 is 5.32 Å². The zero-order chi connectivity index (χ0) is 20.5. The highest BCUT2D eigenvalue weighted by molar-refractivity contribution is 7.91. The van der Waals surface area contributed by atoms with Crippen LogP contribution in [0, 0.1) is 25.2 Å². The highest BCUT2D eigenvalue weighted by Gasteiger charge is 2.31. The van der Waals surface area contributed by atoms with Gasteiger partial charge in [0.15, 0.2) is 9.84 Å². The lowest BCUT2D eigenvalue weighted by atomic mass is 10.2. The van der Waals surface area contributed by atoms with E-state index >= 15 is 0 Å². The van der Waals surface area contributed by atoms with Gasteiger partial charge < -0.3 is 9.88 Å². The number of hydrogen-bond acceptors (Lipinski definition) is 6. The number of nitriles is 1. The number of likely N-dealkylation sites (N-methyl/N-ethyl adjacent to an activating group) is 1. The molecule has 9 heteroatoms. The number of carbonyl (C=O) groups is 1. The number of carbonyl (C=O) groups excluding carboxylic acids is 1. The minimum atomic E-state index is -3.00. The van der Waals surface area contributed by atoms with E-state index in [1.54, 1.807) is 23.3 Å². The largest absolute Gasteiger partial charge is 0.325 e. The Bertz CT molecular complexity index is 1020. The molecule has 2 aromatic heterocycles. The van der Waals surface area contributed by atoms with Crippen molar-refractivity contribution < 1.29 is 13.2 Å². The zero-order valence-corrected chi connectivity index (χ0v) is 17.9. The van der Waals surface area contributed by atoms with Crippen molar-refractivity contribution in [2.75, 3.05) is 30.4 Å². The van der Waals surface area contributed by atoms with E-state index in [1.807, 2.05) is 35.9 Å². The van der Waals surface area contributed by atoms with Gasteiger partial charge in [-0.3, -0.25) is 9.69 Å². The molecule has 2 aromatic rings. The number of sulfone groups is 1. The predicted molar refractivity (Wildman–Crippen MR) is 110 cm³/mol. The summed E-state index contributed by atoms with van der Waals surface area (Å²) < 4.78 is 25.3. The fourth-order valence-corrected chi connectivity index (χ4v) is 6.03. The molecular weight excluding hydrogens is 396 g/mol. The number of aromatic nitrogens is 1. The highest BCUT2D eigenvalue weighted by Crippen LogP contribution is 2.28. The van der Waals surface area contributed by atoms with Crippen LogP contribution >= 0.6 is 11.3 Å². The summed E-state index contributed by atoms with van der Waals surface area (Å²) in [5.74, 6) is 0.508. The number of rotatable bonds is 6. The van der Waals surface area contributed by atoms with E-state index < -0.39 is 9.84 Å². The van der Waals surface area contributed by atoms with E-state index in [2.05, 4.69) is 11.4 Å². The molecule has 1 atom stereocenters. The average Bonchev–Trinajstić information content (AvgIpc) is 3.31. The molecule has 0 aromatic carbocycles. The summed E-state index contributed by atoms with van der Waals surface area (Å²) in [6.45, 7) is 4.48. The van der Waals surface area contributed by atoms with Gasteiger partial charge in [0.25, 0.3) is 0 Å². The Morgan fingerprint density at radius 1 is 1.46 bits per heavy atom. The summed E-state index contributed by atoms with van der Waals surface area (Å²) in [6.07, 6.45) is 0.544. The van der Waals surface area contributed by atoms with Crippen LogP contribution in [0.1, 0.15) is 28.1 Å². The highest BCUT2D eigenvalue weighted by atomic mass is 32.2. The summed E-state index contributed by atoms with van der Waals surface area (Å²) in [7, 11) is -1.24. The van der Waals surface area contributed by atoms with Crippen LogP contribution in [-0.2, 0) is 21.2 Å². The van der Waals surface area contributed by atoms with Crippen LogP contribution in [0.25, 0.3) is 0 Å². The van der Waals surface area contributed by atoms with Gasteiger partial charge in [-0.1, -0.05) is 6.07 Å². The number of nitrogens with one attached hydrogen (secondary N) is 1. The van der Waals surface area contributed by atoms with Gasteiger partial charge in [0.1, 0.15) is 11.9 Å². The third-order valence-electron chi connectivity index (χ3n) is 5.32. The van der Waals surface area contributed by atoms with Gasteiger partial charge in [-0.2, -0.15) is 5.26 Å². The number of anilines is 1. The maximum Gasteiger partial charge on any atom is 0.239 e. The quantitative estimate of drug-likeness (QED) is 0.773. The molecule has 1 amide bonds. The molecule has 3 rings (SSSR count). The molecule has 0 bridgehead atoms. The standard InChI is InChI=1S/C19H24N4O3S2/c1-13-14(2)23(10-16-5-4-7-27-16)19(17(13)9-20)21-18(24)11-22(3)15-6-8-28(25,26)12-15/h4-5,7,15H,6,8,10-12H2,1-3H3,(H,21,24)/t15-/m0/s1. The lowest BCUT2D eigenvalue weighted by molar-refractivity contribution is -0.117. The second-order valence-corrected chi connectivity index (χ2v) is 10.5. The molecular formula is C19H24N4O3S2. The molecule has 1 aliphatic heterocycles. The first-order chi connectivity index (χ1) is 13.2. The SMILES string of the molecule is Cc1c(C#N)c(NC(=O)CN(C)[C@H]2CCS(=O)(=O)C2)n(Cc2cccs2)c1C. The van der Waals surface area contributed by atoms with Crippen molar-refractivity contribution in [1.82, 2.24) is 9.47 Å². The van der Waals surface area contributed by atoms with Gasteiger partial charge in [0.05, 0.1) is 30.2 Å². The molecule has 28 heavy (non-hydrogen) atoms. The Morgan fingerprint density at radius 2 is 2.21 bits per heavy atom. The lowest BCUT2D eigenvalue weighted by Crippen LogP contribution is -2.39. The molecule has 0 aliphatic carbocycles. The molecule has 1 fully saturated rings. The fourth-order valence-electron chi connectivity index (χ4n) is 3.54. The zero-order valence-electron chi connectivity index (χ0n) is 16.2. The molecule has 0 radical (unpaired) electrons. The van der Waals surface area contributed by atoms with Gasteiger partial charge in [0.2, 0.25) is 5.91 Å². The fraction of sp³-hybridized carbons (Fsp3) is 0.474. The van der Waals surface area contributed by atoms with Crippen molar-refractivity contribution in [3.05, 3.63) is 39.2 Å². The van der Waals surface area contributed by atoms with Gasteiger partial charge in [0, 0.05) is 16.6 Å². The Morgan fingerprint density at radius 3 is 2.79 bits per heavy atom. The molecule has 0 saturated carbocycles. The van der Waals surface area contributed by atoms with Crippen LogP contribution in [0.3, 0.4) is 0 Å². The normalized spacial score (nSPS) is 18.3. The third-order valence-corrected chi connectivity index (χ3v) is 7.93. The smallest absolute Gasteiger partial charge is 0.239 e. The Balaban J connectivity index is 1.78. The van der Waals surface area contributed by atoms with Crippen LogP contribution in [-0.4, -0.2) is 54.9 Å². The van der Waals surface area contributed by atoms with E-state index in [0.29, 0.717) is 24.3 Å². The van der Waals surface area contributed by atoms with E-state index in [-0.39, 0.29) is 30.0 Å². The number of thiophene rings is 1. The Hall–Kier alpha value is -2.15. The molecule has 0 unspecified atom stereocenters. The average molecular weight is 421 g/mol. The summed E-state index contributed by atoms with van der Waals surface area (Å²) in [5, 5.41) is 14.5. The Kier molecular flexibility index (Phi) is 5.93. The van der Waals surface area contributed by atoms with Crippen LogP contribution in [0.5, 0.6) is 0 Å². The van der Waals surface area contributed by atoms with Crippen molar-refractivity contribution in [1.29, 1.82) is 5.26 Å². The first-order valence-corrected chi connectivity index (χ1v) is 11.7.